The number of amides is 1. The summed E-state index contributed by atoms with van der Waals surface area (Å²) < 4.78 is 17.6. The van der Waals surface area contributed by atoms with E-state index in [1.165, 1.54) is 5.56 Å². The molecule has 0 N–H and O–H groups in total. The molecule has 2 aromatic carbocycles. The second-order valence-electron chi connectivity index (χ2n) is 9.18. The van der Waals surface area contributed by atoms with Crippen LogP contribution in [0.4, 0.5) is 0 Å². The molecule has 0 radical (unpaired) electrons. The molecule has 0 aromatic heterocycles. The number of hydrogen-bond donors (Lipinski definition) is 0. The first kappa shape index (κ1) is 24.6. The molecule has 2 aromatic rings. The number of nitrogens with zero attached hydrogens (tertiary/aromatic N) is 2. The second-order valence-corrected chi connectivity index (χ2v) is 9.18. The third-order valence-electron chi connectivity index (χ3n) is 6.93. The number of ether oxygens (including phenoxy) is 3. The lowest BCUT2D eigenvalue weighted by Gasteiger charge is -2.41. The Kier molecular flexibility index (Phi) is 8.83. The maximum absolute atomic E-state index is 13.6. The molecule has 34 heavy (non-hydrogen) atoms. The summed E-state index contributed by atoms with van der Waals surface area (Å²) in [6.45, 7) is 6.68. The zero-order valence-electron chi connectivity index (χ0n) is 20.6. The summed E-state index contributed by atoms with van der Waals surface area (Å²) in [7, 11) is 1.77. The van der Waals surface area contributed by atoms with Crippen molar-refractivity contribution in [3.63, 3.8) is 0 Å². The van der Waals surface area contributed by atoms with E-state index in [4.69, 9.17) is 14.2 Å². The summed E-state index contributed by atoms with van der Waals surface area (Å²) in [5.74, 6) is 1.64. The second kappa shape index (κ2) is 12.2. The first-order valence-electron chi connectivity index (χ1n) is 12.7. The van der Waals surface area contributed by atoms with Gasteiger partial charge in [0.1, 0.15) is 18.1 Å². The number of methoxy groups -OCH3 is 1. The fourth-order valence-corrected chi connectivity index (χ4v) is 5.17. The highest BCUT2D eigenvalue weighted by atomic mass is 16.5. The average molecular weight is 467 g/mol. The van der Waals surface area contributed by atoms with Crippen LogP contribution in [0.25, 0.3) is 0 Å². The fourth-order valence-electron chi connectivity index (χ4n) is 5.17. The van der Waals surface area contributed by atoms with E-state index in [2.05, 4.69) is 17.0 Å². The molecule has 6 nitrogen and oxygen atoms in total. The largest absolute Gasteiger partial charge is 0.494 e. The Morgan fingerprint density at radius 3 is 2.59 bits per heavy atom. The van der Waals surface area contributed by atoms with Crippen LogP contribution in [0.5, 0.6) is 11.5 Å². The van der Waals surface area contributed by atoms with E-state index in [9.17, 15) is 4.79 Å². The first-order valence-corrected chi connectivity index (χ1v) is 12.7. The molecule has 2 heterocycles. The van der Waals surface area contributed by atoms with Gasteiger partial charge < -0.3 is 19.1 Å². The third kappa shape index (κ3) is 6.10. The molecule has 1 amide bonds. The number of benzene rings is 2. The monoisotopic (exact) mass is 466 g/mol. The Morgan fingerprint density at radius 1 is 0.971 bits per heavy atom. The predicted octanol–water partition coefficient (Wildman–Crippen LogP) is 4.77. The van der Waals surface area contributed by atoms with E-state index in [0.717, 1.165) is 64.0 Å². The average Bonchev–Trinajstić information content (AvgIpc) is 2.88. The Labute approximate surface area is 203 Å². The van der Waals surface area contributed by atoms with Crippen LogP contribution in [0.15, 0.2) is 48.5 Å². The molecule has 184 valence electrons. The summed E-state index contributed by atoms with van der Waals surface area (Å²) in [6, 6.07) is 16.1. The zero-order chi connectivity index (χ0) is 23.8. The van der Waals surface area contributed by atoms with Crippen molar-refractivity contribution in [2.75, 3.05) is 40.0 Å². The van der Waals surface area contributed by atoms with Crippen molar-refractivity contribution in [2.24, 2.45) is 0 Å². The Hall–Kier alpha value is -2.57. The summed E-state index contributed by atoms with van der Waals surface area (Å²) >= 11 is 0. The van der Waals surface area contributed by atoms with Crippen LogP contribution < -0.4 is 9.47 Å². The molecule has 0 bridgehead atoms. The molecule has 1 saturated heterocycles. The third-order valence-corrected chi connectivity index (χ3v) is 6.93. The fraction of sp³-hybridized carbons (Fsp3) is 0.536. The quantitative estimate of drug-likeness (QED) is 0.635. The van der Waals surface area contributed by atoms with Crippen LogP contribution in [-0.4, -0.2) is 67.8 Å². The molecule has 0 unspecified atom stereocenters. The van der Waals surface area contributed by atoms with Crippen molar-refractivity contribution in [3.05, 3.63) is 59.7 Å². The van der Waals surface area contributed by atoms with Crippen LogP contribution in [0.1, 0.15) is 54.9 Å². The van der Waals surface area contributed by atoms with Gasteiger partial charge in [-0.1, -0.05) is 30.7 Å². The van der Waals surface area contributed by atoms with Gasteiger partial charge in [-0.05, 0) is 69.0 Å². The van der Waals surface area contributed by atoms with Crippen LogP contribution in [-0.2, 0) is 11.3 Å². The van der Waals surface area contributed by atoms with Gasteiger partial charge in [0, 0.05) is 26.7 Å². The predicted molar refractivity (Wildman–Crippen MR) is 134 cm³/mol. The molecular weight excluding hydrogens is 428 g/mol. The topological polar surface area (TPSA) is 51.2 Å². The summed E-state index contributed by atoms with van der Waals surface area (Å²) in [6.07, 6.45) is 5.18. The minimum atomic E-state index is 0.0628. The standard InChI is InChI=1S/C28H38N2O4/c1-3-33-23-15-13-22(14-16-23)21-29-17-7-6-10-25-27(32-2)12-8-18-30(25)28(31)24-9-4-5-11-26(24)34-20-19-29/h4-5,9,11,13-16,25,27H,3,6-8,10,12,17-21H2,1-2H3/t25-,27-/m1/s1. The Bertz CT molecular complexity index is 917. The molecule has 1 fully saturated rings. The van der Waals surface area contributed by atoms with Gasteiger partial charge in [0.2, 0.25) is 0 Å². The molecule has 0 aliphatic carbocycles. The normalized spacial score (nSPS) is 22.4. The van der Waals surface area contributed by atoms with Gasteiger partial charge in [0.15, 0.2) is 0 Å². The number of carbonyl (C=O) groups is 1. The van der Waals surface area contributed by atoms with Crippen molar-refractivity contribution < 1.29 is 19.0 Å². The molecule has 2 atom stereocenters. The lowest BCUT2D eigenvalue weighted by atomic mass is 9.93. The zero-order valence-corrected chi connectivity index (χ0v) is 20.6. The van der Waals surface area contributed by atoms with Crippen molar-refractivity contribution >= 4 is 5.91 Å². The molecular formula is C28H38N2O4. The van der Waals surface area contributed by atoms with Gasteiger partial charge in [-0.15, -0.1) is 0 Å². The van der Waals surface area contributed by atoms with Crippen LogP contribution in [0, 0.1) is 0 Å². The van der Waals surface area contributed by atoms with Gasteiger partial charge in [0.05, 0.1) is 24.3 Å². The van der Waals surface area contributed by atoms with Gasteiger partial charge in [-0.3, -0.25) is 9.69 Å². The van der Waals surface area contributed by atoms with Crippen molar-refractivity contribution in [3.8, 4) is 11.5 Å². The lowest BCUT2D eigenvalue weighted by Crippen LogP contribution is -2.51. The van der Waals surface area contributed by atoms with E-state index >= 15 is 0 Å². The molecule has 0 spiro atoms. The number of para-hydroxylation sites is 1. The van der Waals surface area contributed by atoms with Gasteiger partial charge in [-0.25, -0.2) is 0 Å². The minimum Gasteiger partial charge on any atom is -0.494 e. The molecule has 6 heteroatoms. The van der Waals surface area contributed by atoms with Gasteiger partial charge in [0.25, 0.3) is 5.91 Å². The number of hydrogen-bond acceptors (Lipinski definition) is 5. The lowest BCUT2D eigenvalue weighted by molar-refractivity contribution is -0.0155. The van der Waals surface area contributed by atoms with Crippen molar-refractivity contribution in [1.29, 1.82) is 0 Å². The molecule has 2 aliphatic heterocycles. The maximum atomic E-state index is 13.6. The highest BCUT2D eigenvalue weighted by Gasteiger charge is 2.35. The highest BCUT2D eigenvalue weighted by Crippen LogP contribution is 2.29. The Morgan fingerprint density at radius 2 is 1.79 bits per heavy atom. The van der Waals surface area contributed by atoms with Crippen molar-refractivity contribution in [2.45, 2.75) is 57.7 Å². The summed E-state index contributed by atoms with van der Waals surface area (Å²) in [5, 5.41) is 0. The SMILES string of the molecule is CCOc1ccc(CN2CCCC[C@@H]3[C@H](OC)CCCN3C(=O)c3ccccc3OCC2)cc1. The van der Waals surface area contributed by atoms with E-state index in [0.29, 0.717) is 24.5 Å². The first-order chi connectivity index (χ1) is 16.7. The van der Waals surface area contributed by atoms with E-state index in [1.807, 2.05) is 48.2 Å². The van der Waals surface area contributed by atoms with Crippen molar-refractivity contribution in [1.82, 2.24) is 9.80 Å². The van der Waals surface area contributed by atoms with E-state index < -0.39 is 0 Å². The number of rotatable bonds is 5. The Balaban J connectivity index is 1.51. The van der Waals surface area contributed by atoms with E-state index in [-0.39, 0.29) is 18.1 Å². The molecule has 2 aliphatic rings. The number of carbonyl (C=O) groups excluding carboxylic acids is 1. The van der Waals surface area contributed by atoms with Gasteiger partial charge >= 0.3 is 0 Å². The van der Waals surface area contributed by atoms with Gasteiger partial charge in [-0.2, -0.15) is 0 Å². The smallest absolute Gasteiger partial charge is 0.257 e. The number of fused-ring (bicyclic) bond motifs is 2. The van der Waals surface area contributed by atoms with E-state index in [1.54, 1.807) is 7.11 Å². The van der Waals surface area contributed by atoms with Crippen LogP contribution in [0.2, 0.25) is 0 Å². The van der Waals surface area contributed by atoms with Crippen LogP contribution in [0.3, 0.4) is 0 Å². The van der Waals surface area contributed by atoms with Crippen LogP contribution >= 0.6 is 0 Å². The minimum absolute atomic E-state index is 0.0628. The maximum Gasteiger partial charge on any atom is 0.257 e. The molecule has 4 rings (SSSR count). The summed E-state index contributed by atoms with van der Waals surface area (Å²) in [4.78, 5) is 18.1. The summed E-state index contributed by atoms with van der Waals surface area (Å²) in [5.41, 5.74) is 1.92. The highest BCUT2D eigenvalue weighted by molar-refractivity contribution is 5.97. The number of piperidine rings is 1. The molecule has 0 saturated carbocycles.